The summed E-state index contributed by atoms with van der Waals surface area (Å²) >= 11 is 0. The number of amides is 1. The third-order valence-corrected chi connectivity index (χ3v) is 4.35. The SMILES string of the molecule is CCCCC1CCC(C(=O)NCc2ccccn2)CC1. The number of rotatable bonds is 6. The van der Waals surface area contributed by atoms with E-state index in [1.165, 1.54) is 32.1 Å². The summed E-state index contributed by atoms with van der Waals surface area (Å²) in [6.07, 6.45) is 10.3. The first-order valence-electron chi connectivity index (χ1n) is 7.97. The molecule has 1 fully saturated rings. The van der Waals surface area contributed by atoms with E-state index in [1.807, 2.05) is 18.2 Å². The van der Waals surface area contributed by atoms with E-state index in [2.05, 4.69) is 17.2 Å². The van der Waals surface area contributed by atoms with Crippen LogP contribution in [0.5, 0.6) is 0 Å². The van der Waals surface area contributed by atoms with Gasteiger partial charge in [-0.15, -0.1) is 0 Å². The van der Waals surface area contributed by atoms with Crippen LogP contribution in [0, 0.1) is 11.8 Å². The summed E-state index contributed by atoms with van der Waals surface area (Å²) in [4.78, 5) is 16.4. The van der Waals surface area contributed by atoms with Gasteiger partial charge >= 0.3 is 0 Å². The number of pyridine rings is 1. The molecule has 1 aromatic rings. The molecule has 1 N–H and O–H groups in total. The first-order valence-corrected chi connectivity index (χ1v) is 7.97. The van der Waals surface area contributed by atoms with Gasteiger partial charge in [0, 0.05) is 12.1 Å². The second kappa shape index (κ2) is 8.03. The Balaban J connectivity index is 1.69. The molecule has 0 radical (unpaired) electrons. The lowest BCUT2D eigenvalue weighted by Crippen LogP contribution is -2.33. The third-order valence-electron chi connectivity index (χ3n) is 4.35. The van der Waals surface area contributed by atoms with Crippen molar-refractivity contribution in [3.63, 3.8) is 0 Å². The number of carbonyl (C=O) groups excluding carboxylic acids is 1. The average molecular weight is 274 g/mol. The van der Waals surface area contributed by atoms with E-state index in [4.69, 9.17) is 0 Å². The van der Waals surface area contributed by atoms with Gasteiger partial charge in [-0.25, -0.2) is 0 Å². The minimum Gasteiger partial charge on any atom is -0.350 e. The second-order valence-corrected chi connectivity index (χ2v) is 5.90. The summed E-state index contributed by atoms with van der Waals surface area (Å²) in [6, 6.07) is 5.79. The molecule has 1 aliphatic rings. The smallest absolute Gasteiger partial charge is 0.223 e. The molecule has 1 aromatic heterocycles. The van der Waals surface area contributed by atoms with Gasteiger partial charge in [-0.2, -0.15) is 0 Å². The highest BCUT2D eigenvalue weighted by Crippen LogP contribution is 2.31. The van der Waals surface area contributed by atoms with Crippen molar-refractivity contribution >= 4 is 5.91 Å². The highest BCUT2D eigenvalue weighted by Gasteiger charge is 2.25. The van der Waals surface area contributed by atoms with Crippen molar-refractivity contribution in [2.45, 2.75) is 58.4 Å². The molecule has 3 heteroatoms. The van der Waals surface area contributed by atoms with Gasteiger partial charge < -0.3 is 5.32 Å². The first-order chi connectivity index (χ1) is 9.79. The highest BCUT2D eigenvalue weighted by atomic mass is 16.1. The minimum absolute atomic E-state index is 0.213. The van der Waals surface area contributed by atoms with E-state index in [1.54, 1.807) is 6.20 Å². The van der Waals surface area contributed by atoms with Gasteiger partial charge in [0.15, 0.2) is 0 Å². The quantitative estimate of drug-likeness (QED) is 0.859. The molecule has 0 aliphatic heterocycles. The predicted molar refractivity (Wildman–Crippen MR) is 81.1 cm³/mol. The maximum atomic E-state index is 12.2. The number of hydrogen-bond acceptors (Lipinski definition) is 2. The molecule has 1 saturated carbocycles. The van der Waals surface area contributed by atoms with Crippen molar-refractivity contribution in [2.24, 2.45) is 11.8 Å². The molecule has 3 nitrogen and oxygen atoms in total. The lowest BCUT2D eigenvalue weighted by molar-refractivity contribution is -0.126. The van der Waals surface area contributed by atoms with Crippen LogP contribution in [-0.4, -0.2) is 10.9 Å². The molecule has 110 valence electrons. The molecule has 1 heterocycles. The van der Waals surface area contributed by atoms with Crippen LogP contribution in [0.15, 0.2) is 24.4 Å². The van der Waals surface area contributed by atoms with Crippen LogP contribution in [0.3, 0.4) is 0 Å². The Bertz CT molecular complexity index is 397. The molecule has 0 bridgehead atoms. The molecule has 0 spiro atoms. The van der Waals surface area contributed by atoms with E-state index in [-0.39, 0.29) is 11.8 Å². The molecular weight excluding hydrogens is 248 g/mol. The topological polar surface area (TPSA) is 42.0 Å². The fraction of sp³-hybridized carbons (Fsp3) is 0.647. The van der Waals surface area contributed by atoms with Crippen molar-refractivity contribution in [2.75, 3.05) is 0 Å². The maximum absolute atomic E-state index is 12.2. The van der Waals surface area contributed by atoms with E-state index >= 15 is 0 Å². The first kappa shape index (κ1) is 15.0. The Labute approximate surface area is 122 Å². The zero-order valence-electron chi connectivity index (χ0n) is 12.5. The zero-order valence-corrected chi connectivity index (χ0v) is 12.5. The van der Waals surface area contributed by atoms with Crippen molar-refractivity contribution in [1.29, 1.82) is 0 Å². The molecule has 1 amide bonds. The minimum atomic E-state index is 0.213. The van der Waals surface area contributed by atoms with Crippen molar-refractivity contribution in [1.82, 2.24) is 10.3 Å². The summed E-state index contributed by atoms with van der Waals surface area (Å²) in [5.41, 5.74) is 0.928. The molecule has 0 atom stereocenters. The number of carbonyl (C=O) groups is 1. The highest BCUT2D eigenvalue weighted by molar-refractivity contribution is 5.78. The van der Waals surface area contributed by atoms with E-state index in [9.17, 15) is 4.79 Å². The van der Waals surface area contributed by atoms with Gasteiger partial charge in [0.1, 0.15) is 0 Å². The number of hydrogen-bond donors (Lipinski definition) is 1. The van der Waals surface area contributed by atoms with Crippen molar-refractivity contribution in [3.05, 3.63) is 30.1 Å². The standard InChI is InChI=1S/C17H26N2O/c1-2-3-6-14-8-10-15(11-9-14)17(20)19-13-16-7-4-5-12-18-16/h4-5,7,12,14-15H,2-3,6,8-11,13H2,1H3,(H,19,20). The van der Waals surface area contributed by atoms with Crippen LogP contribution in [0.2, 0.25) is 0 Å². The van der Waals surface area contributed by atoms with E-state index in [0.29, 0.717) is 6.54 Å². The van der Waals surface area contributed by atoms with Crippen LogP contribution in [-0.2, 0) is 11.3 Å². The summed E-state index contributed by atoms with van der Waals surface area (Å²) in [5, 5.41) is 3.03. The number of nitrogens with one attached hydrogen (secondary N) is 1. The number of nitrogens with zero attached hydrogens (tertiary/aromatic N) is 1. The summed E-state index contributed by atoms with van der Waals surface area (Å²) in [7, 11) is 0. The van der Waals surface area contributed by atoms with Crippen LogP contribution in [0.1, 0.15) is 57.6 Å². The Morgan fingerprint density at radius 3 is 2.75 bits per heavy atom. The number of aromatic nitrogens is 1. The van der Waals surface area contributed by atoms with Gasteiger partial charge in [0.05, 0.1) is 12.2 Å². The van der Waals surface area contributed by atoms with Gasteiger partial charge in [-0.3, -0.25) is 9.78 Å². The zero-order chi connectivity index (χ0) is 14.2. The largest absolute Gasteiger partial charge is 0.350 e. The van der Waals surface area contributed by atoms with Crippen LogP contribution < -0.4 is 5.32 Å². The monoisotopic (exact) mass is 274 g/mol. The van der Waals surface area contributed by atoms with Crippen molar-refractivity contribution in [3.8, 4) is 0 Å². The normalized spacial score (nSPS) is 22.4. The summed E-state index contributed by atoms with van der Waals surface area (Å²) in [6.45, 7) is 2.80. The van der Waals surface area contributed by atoms with Crippen molar-refractivity contribution < 1.29 is 4.79 Å². The van der Waals surface area contributed by atoms with Crippen LogP contribution >= 0.6 is 0 Å². The fourth-order valence-corrected chi connectivity index (χ4v) is 3.03. The molecule has 1 aliphatic carbocycles. The Morgan fingerprint density at radius 1 is 1.30 bits per heavy atom. The van der Waals surface area contributed by atoms with Gasteiger partial charge in [-0.05, 0) is 43.7 Å². The van der Waals surface area contributed by atoms with Crippen LogP contribution in [0.4, 0.5) is 0 Å². The molecule has 0 unspecified atom stereocenters. The molecular formula is C17H26N2O. The van der Waals surface area contributed by atoms with Crippen LogP contribution in [0.25, 0.3) is 0 Å². The van der Waals surface area contributed by atoms with E-state index in [0.717, 1.165) is 24.5 Å². The molecule has 0 aromatic carbocycles. The lowest BCUT2D eigenvalue weighted by Gasteiger charge is -2.27. The third kappa shape index (κ3) is 4.62. The molecule has 2 rings (SSSR count). The van der Waals surface area contributed by atoms with E-state index < -0.39 is 0 Å². The number of unbranched alkanes of at least 4 members (excludes halogenated alkanes) is 1. The Morgan fingerprint density at radius 2 is 2.10 bits per heavy atom. The second-order valence-electron chi connectivity index (χ2n) is 5.90. The van der Waals surface area contributed by atoms with Gasteiger partial charge in [-0.1, -0.05) is 32.3 Å². The fourth-order valence-electron chi connectivity index (χ4n) is 3.03. The Kier molecular flexibility index (Phi) is 6.03. The predicted octanol–water partition coefficient (Wildman–Crippen LogP) is 3.69. The lowest BCUT2D eigenvalue weighted by atomic mass is 9.79. The van der Waals surface area contributed by atoms with Gasteiger partial charge in [0.25, 0.3) is 0 Å². The summed E-state index contributed by atoms with van der Waals surface area (Å²) < 4.78 is 0. The molecule has 0 saturated heterocycles. The average Bonchev–Trinajstić information content (AvgIpc) is 2.52. The molecule has 20 heavy (non-hydrogen) atoms. The Hall–Kier alpha value is -1.38. The maximum Gasteiger partial charge on any atom is 0.223 e. The van der Waals surface area contributed by atoms with Gasteiger partial charge in [0.2, 0.25) is 5.91 Å². The summed E-state index contributed by atoms with van der Waals surface area (Å²) in [5.74, 6) is 1.29.